The van der Waals surface area contributed by atoms with Crippen LogP contribution >= 0.6 is 11.3 Å². The Hall–Kier alpha value is -0.570. The largest absolute Gasteiger partial charge is 0.362 e. The highest BCUT2D eigenvalue weighted by atomic mass is 32.1. The summed E-state index contributed by atoms with van der Waals surface area (Å²) in [5.74, 6) is 0. The van der Waals surface area contributed by atoms with Crippen LogP contribution in [0.4, 0.5) is 5.13 Å². The molecule has 1 aromatic heterocycles. The van der Waals surface area contributed by atoms with Gasteiger partial charge in [-0.1, -0.05) is 0 Å². The van der Waals surface area contributed by atoms with Crippen molar-refractivity contribution in [2.24, 2.45) is 0 Å². The first-order valence-electron chi connectivity index (χ1n) is 2.49. The molecule has 0 unspecified atom stereocenters. The predicted molar refractivity (Wildman–Crippen MR) is 35.1 cm³/mol. The maximum Gasteiger partial charge on any atom is 0.183 e. The van der Waals surface area contributed by atoms with Crippen molar-refractivity contribution in [2.75, 3.05) is 11.9 Å². The molecule has 0 atom stereocenters. The number of nitrogens with one attached hydrogen (secondary N) is 1. The molecule has 0 bridgehead atoms. The highest BCUT2D eigenvalue weighted by Crippen LogP contribution is 2.07. The molecule has 43 valence electrons. The minimum Gasteiger partial charge on any atom is -0.362 e. The molecule has 0 amide bonds. The fourth-order valence-electron chi connectivity index (χ4n) is 0.426. The molecule has 0 saturated carbocycles. The number of hydrogen-bond donors (Lipinski definition) is 1. The van der Waals surface area contributed by atoms with Gasteiger partial charge in [-0.3, -0.25) is 0 Å². The van der Waals surface area contributed by atoms with Crippen LogP contribution in [0.5, 0.6) is 0 Å². The average Bonchev–Trinajstić information content (AvgIpc) is 2.19. The van der Waals surface area contributed by atoms with Gasteiger partial charge in [-0.25, -0.2) is 4.98 Å². The molecule has 0 aliphatic rings. The van der Waals surface area contributed by atoms with Crippen molar-refractivity contribution >= 4 is 16.5 Å². The van der Waals surface area contributed by atoms with Gasteiger partial charge in [-0.05, 0) is 6.92 Å². The second-order valence-electron chi connectivity index (χ2n) is 1.31. The topological polar surface area (TPSA) is 24.9 Å². The maximum absolute atomic E-state index is 3.89. The van der Waals surface area contributed by atoms with Gasteiger partial charge in [0, 0.05) is 11.9 Å². The summed E-state index contributed by atoms with van der Waals surface area (Å²) in [6.45, 7) is 2.97. The zero-order chi connectivity index (χ0) is 5.82. The summed E-state index contributed by atoms with van der Waals surface area (Å²) in [5, 5.41) is 5.85. The van der Waals surface area contributed by atoms with Crippen molar-refractivity contribution in [2.45, 2.75) is 6.92 Å². The second kappa shape index (κ2) is 2.67. The molecular formula is C5H7N2S. The molecule has 0 aliphatic carbocycles. The summed E-state index contributed by atoms with van der Waals surface area (Å²) in [5.41, 5.74) is 0. The monoisotopic (exact) mass is 127 g/mol. The van der Waals surface area contributed by atoms with Gasteiger partial charge >= 0.3 is 0 Å². The molecule has 0 aromatic carbocycles. The summed E-state index contributed by atoms with van der Waals surface area (Å²) in [6.07, 6.45) is 2.72. The number of aromatic nitrogens is 1. The molecule has 1 rings (SSSR count). The number of hydrogen-bond acceptors (Lipinski definition) is 3. The zero-order valence-electron chi connectivity index (χ0n) is 4.64. The van der Waals surface area contributed by atoms with E-state index in [9.17, 15) is 0 Å². The Bertz CT molecular complexity index is 136. The molecule has 0 fully saturated rings. The van der Waals surface area contributed by atoms with Crippen molar-refractivity contribution < 1.29 is 0 Å². The molecule has 1 aromatic rings. The Balaban J connectivity index is 2.50. The van der Waals surface area contributed by atoms with E-state index in [0.717, 1.165) is 11.7 Å². The predicted octanol–water partition coefficient (Wildman–Crippen LogP) is 1.38. The van der Waals surface area contributed by atoms with E-state index in [-0.39, 0.29) is 0 Å². The van der Waals surface area contributed by atoms with Crippen LogP contribution in [0.1, 0.15) is 6.92 Å². The smallest absolute Gasteiger partial charge is 0.183 e. The van der Waals surface area contributed by atoms with Gasteiger partial charge in [-0.2, -0.15) is 0 Å². The molecule has 3 heteroatoms. The van der Waals surface area contributed by atoms with E-state index >= 15 is 0 Å². The number of nitrogens with zero attached hydrogens (tertiary/aromatic N) is 1. The molecule has 8 heavy (non-hydrogen) atoms. The van der Waals surface area contributed by atoms with Crippen LogP contribution in [0.15, 0.2) is 5.38 Å². The molecule has 2 nitrogen and oxygen atoms in total. The average molecular weight is 127 g/mol. The third-order valence-corrected chi connectivity index (χ3v) is 1.40. The van der Waals surface area contributed by atoms with E-state index in [0.29, 0.717) is 0 Å². The lowest BCUT2D eigenvalue weighted by atomic mass is 10.8. The van der Waals surface area contributed by atoms with Crippen LogP contribution in [0.2, 0.25) is 0 Å². The van der Waals surface area contributed by atoms with Crippen molar-refractivity contribution in [3.63, 3.8) is 0 Å². The third-order valence-electron chi connectivity index (χ3n) is 0.717. The van der Waals surface area contributed by atoms with Gasteiger partial charge in [0.2, 0.25) is 0 Å². The number of thiazole rings is 1. The highest BCUT2D eigenvalue weighted by molar-refractivity contribution is 7.13. The second-order valence-corrected chi connectivity index (χ2v) is 2.17. The minimum absolute atomic E-state index is 0.932. The third kappa shape index (κ3) is 1.20. The minimum atomic E-state index is 0.932. The van der Waals surface area contributed by atoms with Gasteiger partial charge < -0.3 is 5.32 Å². The van der Waals surface area contributed by atoms with Gasteiger partial charge in [0.1, 0.15) is 6.20 Å². The van der Waals surface area contributed by atoms with Crippen LogP contribution in [0.3, 0.4) is 0 Å². The lowest BCUT2D eigenvalue weighted by Crippen LogP contribution is -1.94. The highest BCUT2D eigenvalue weighted by Gasteiger charge is 1.86. The van der Waals surface area contributed by atoms with E-state index in [4.69, 9.17) is 0 Å². The van der Waals surface area contributed by atoms with E-state index < -0.39 is 0 Å². The van der Waals surface area contributed by atoms with Crippen molar-refractivity contribution in [3.8, 4) is 0 Å². The molecule has 1 N–H and O–H groups in total. The Kier molecular flexibility index (Phi) is 1.86. The summed E-state index contributed by atoms with van der Waals surface area (Å²) in [7, 11) is 0. The van der Waals surface area contributed by atoms with Gasteiger partial charge in [0.15, 0.2) is 5.13 Å². The van der Waals surface area contributed by atoms with Gasteiger partial charge in [0.05, 0.1) is 0 Å². The van der Waals surface area contributed by atoms with Crippen LogP contribution in [0.25, 0.3) is 0 Å². The molecule has 0 saturated heterocycles. The summed E-state index contributed by atoms with van der Waals surface area (Å²) >= 11 is 1.57. The molecule has 0 aliphatic heterocycles. The molecular weight excluding hydrogens is 120 g/mol. The lowest BCUT2D eigenvalue weighted by molar-refractivity contribution is 1.19. The summed E-state index contributed by atoms with van der Waals surface area (Å²) < 4.78 is 0. The first kappa shape index (κ1) is 5.56. The normalized spacial score (nSPS) is 9.12. The van der Waals surface area contributed by atoms with Crippen LogP contribution < -0.4 is 5.32 Å². The van der Waals surface area contributed by atoms with E-state index in [1.807, 2.05) is 12.3 Å². The fourth-order valence-corrected chi connectivity index (χ4v) is 0.976. The maximum atomic E-state index is 3.89. The summed E-state index contributed by atoms with van der Waals surface area (Å²) in [6, 6.07) is 0. The molecule has 0 spiro atoms. The van der Waals surface area contributed by atoms with E-state index in [1.54, 1.807) is 11.3 Å². The first-order chi connectivity index (χ1) is 3.93. The Morgan fingerprint density at radius 3 is 3.38 bits per heavy atom. The zero-order valence-corrected chi connectivity index (χ0v) is 5.46. The standard InChI is InChI=1S/C5H7N2S/c1-2-6-5-7-3-4-8-5/h4H,2H2,1H3,(H,6,7). The van der Waals surface area contributed by atoms with Gasteiger partial charge in [-0.15, -0.1) is 11.3 Å². The number of rotatable bonds is 2. The summed E-state index contributed by atoms with van der Waals surface area (Å²) in [4.78, 5) is 3.89. The quantitative estimate of drug-likeness (QED) is 0.649. The first-order valence-corrected chi connectivity index (χ1v) is 3.37. The van der Waals surface area contributed by atoms with Crippen molar-refractivity contribution in [1.82, 2.24) is 4.98 Å². The SMILES string of the molecule is CCNc1n[c]cs1. The fraction of sp³-hybridized carbons (Fsp3) is 0.400. The van der Waals surface area contributed by atoms with Crippen LogP contribution in [0, 0.1) is 6.20 Å². The lowest BCUT2D eigenvalue weighted by Gasteiger charge is -1.91. The van der Waals surface area contributed by atoms with E-state index in [1.165, 1.54) is 0 Å². The van der Waals surface area contributed by atoms with Gasteiger partial charge in [0.25, 0.3) is 0 Å². The van der Waals surface area contributed by atoms with Crippen LogP contribution in [-0.2, 0) is 0 Å². The van der Waals surface area contributed by atoms with E-state index in [2.05, 4.69) is 16.5 Å². The van der Waals surface area contributed by atoms with Crippen LogP contribution in [-0.4, -0.2) is 11.5 Å². The molecule has 1 heterocycles. The Morgan fingerprint density at radius 2 is 2.88 bits per heavy atom. The Labute approximate surface area is 52.6 Å². The Morgan fingerprint density at radius 1 is 2.00 bits per heavy atom. The van der Waals surface area contributed by atoms with Crippen molar-refractivity contribution in [3.05, 3.63) is 11.6 Å². The number of anilines is 1. The molecule has 1 radical (unpaired) electrons. The van der Waals surface area contributed by atoms with Crippen molar-refractivity contribution in [1.29, 1.82) is 0 Å².